The van der Waals surface area contributed by atoms with Crippen molar-refractivity contribution >= 4 is 23.1 Å². The number of methoxy groups -OCH3 is 1. The van der Waals surface area contributed by atoms with Crippen molar-refractivity contribution in [2.45, 2.75) is 78.0 Å². The van der Waals surface area contributed by atoms with E-state index in [2.05, 4.69) is 12.2 Å². The van der Waals surface area contributed by atoms with E-state index >= 15 is 0 Å². The molecule has 2 N–H and O–H groups in total. The van der Waals surface area contributed by atoms with Crippen molar-refractivity contribution in [2.24, 2.45) is 5.92 Å². The maximum absolute atomic E-state index is 14.9. The molecule has 0 radical (unpaired) electrons. The molecule has 2 unspecified atom stereocenters. The van der Waals surface area contributed by atoms with Crippen LogP contribution in [0.5, 0.6) is 0 Å². The van der Waals surface area contributed by atoms with Gasteiger partial charge in [0.05, 0.1) is 36.1 Å². The van der Waals surface area contributed by atoms with Crippen LogP contribution in [0.25, 0.3) is 22.3 Å². The van der Waals surface area contributed by atoms with E-state index < -0.39 is 24.5 Å². The number of ether oxygens (including phenoxy) is 1. The van der Waals surface area contributed by atoms with Crippen molar-refractivity contribution in [3.8, 4) is 11.4 Å². The molecule has 6 rings (SSSR count). The number of aliphatic hydroxyl groups excluding tert-OH is 1. The third-order valence-electron chi connectivity index (χ3n) is 8.41. The Labute approximate surface area is 232 Å². The molecule has 40 heavy (non-hydrogen) atoms. The van der Waals surface area contributed by atoms with E-state index in [9.17, 15) is 23.9 Å². The van der Waals surface area contributed by atoms with Crippen LogP contribution >= 0.6 is 0 Å². The number of nitrogens with one attached hydrogen (secondary N) is 1. The van der Waals surface area contributed by atoms with Gasteiger partial charge < -0.3 is 24.5 Å². The molecular formula is C31H36FN3O5. The minimum absolute atomic E-state index is 0.0706. The fraction of sp³-hybridized carbons (Fsp3) is 0.484. The lowest BCUT2D eigenvalue weighted by Gasteiger charge is -2.29. The number of rotatable bonds is 7. The summed E-state index contributed by atoms with van der Waals surface area (Å²) in [6, 6.07) is 2.81. The predicted molar refractivity (Wildman–Crippen MR) is 150 cm³/mol. The minimum atomic E-state index is -0.643. The summed E-state index contributed by atoms with van der Waals surface area (Å²) in [5, 5.41) is 13.0. The zero-order chi connectivity index (χ0) is 28.7. The number of pyridine rings is 2. The predicted octanol–water partition coefficient (Wildman–Crippen LogP) is 4.22. The highest BCUT2D eigenvalue weighted by molar-refractivity contribution is 5.93. The van der Waals surface area contributed by atoms with E-state index in [1.165, 1.54) is 26.0 Å². The molecule has 3 aromatic rings. The summed E-state index contributed by atoms with van der Waals surface area (Å²) < 4.78 is 21.8. The van der Waals surface area contributed by atoms with Crippen molar-refractivity contribution in [2.75, 3.05) is 13.7 Å². The highest BCUT2D eigenvalue weighted by Gasteiger charge is 2.35. The molecule has 9 heteroatoms. The molecular weight excluding hydrogens is 513 g/mol. The number of aldehydes is 1. The molecule has 0 spiro atoms. The normalized spacial score (nSPS) is 17.5. The average molecular weight is 550 g/mol. The molecule has 0 bridgehead atoms. The monoisotopic (exact) mass is 549 g/mol. The zero-order valence-electron chi connectivity index (χ0n) is 23.5. The van der Waals surface area contributed by atoms with E-state index in [1.54, 1.807) is 11.5 Å². The van der Waals surface area contributed by atoms with Crippen LogP contribution in [-0.4, -0.2) is 40.6 Å². The zero-order valence-corrected chi connectivity index (χ0v) is 23.5. The first kappa shape index (κ1) is 28.1. The first-order chi connectivity index (χ1) is 19.2. The van der Waals surface area contributed by atoms with Gasteiger partial charge in [0.25, 0.3) is 5.56 Å². The first-order valence-electron chi connectivity index (χ1n) is 14.0. The third kappa shape index (κ3) is 4.86. The molecule has 1 aliphatic heterocycles. The number of aryl methyl sites for hydroxylation is 1. The van der Waals surface area contributed by atoms with Crippen LogP contribution in [-0.2, 0) is 33.9 Å². The standard InChI is InChI=1S/C27H28FN3O5.C4H8/c1-4-14(10-32)16-7-22-26-17(9-31(22)27(35)18(16)12-36-3)25-20(29-23(34)11-33)6-5-15-13(2)19(28)8-21(30-26)24(15)25;1-4-2-3-4/h7-8,10,14,20,33H,4-6,9,11-12H2,1-3H3,(H,29,34);4H,2-3H2,1H3. The van der Waals surface area contributed by atoms with Crippen LogP contribution in [0, 0.1) is 18.7 Å². The molecule has 1 fully saturated rings. The second-order valence-corrected chi connectivity index (χ2v) is 11.1. The van der Waals surface area contributed by atoms with Gasteiger partial charge in [0.1, 0.15) is 18.7 Å². The lowest BCUT2D eigenvalue weighted by molar-refractivity contribution is -0.124. The number of carbonyl (C=O) groups is 2. The smallest absolute Gasteiger partial charge is 0.257 e. The number of aromatic nitrogens is 2. The number of aliphatic hydroxyl groups is 1. The second-order valence-electron chi connectivity index (χ2n) is 11.1. The molecule has 1 saturated carbocycles. The van der Waals surface area contributed by atoms with Crippen LogP contribution < -0.4 is 10.9 Å². The Hall–Kier alpha value is -3.43. The maximum Gasteiger partial charge on any atom is 0.257 e. The van der Waals surface area contributed by atoms with Gasteiger partial charge in [0.15, 0.2) is 0 Å². The summed E-state index contributed by atoms with van der Waals surface area (Å²) in [7, 11) is 1.50. The van der Waals surface area contributed by atoms with E-state index in [4.69, 9.17) is 9.72 Å². The number of carbonyl (C=O) groups excluding carboxylic acids is 2. The van der Waals surface area contributed by atoms with Gasteiger partial charge in [-0.05, 0) is 60.4 Å². The van der Waals surface area contributed by atoms with Gasteiger partial charge in [-0.25, -0.2) is 9.37 Å². The van der Waals surface area contributed by atoms with Crippen molar-refractivity contribution in [3.63, 3.8) is 0 Å². The van der Waals surface area contributed by atoms with Crippen LogP contribution in [0.1, 0.15) is 84.9 Å². The SMILES string of the molecule is CC1CC1.CCC(C=O)c1cc2n(c(=O)c1COC)Cc1c-2nc2cc(F)c(C)c3c2c1C(NC(=O)CO)CC3. The summed E-state index contributed by atoms with van der Waals surface area (Å²) in [6.45, 7) is 5.56. The molecule has 212 valence electrons. The third-order valence-corrected chi connectivity index (χ3v) is 8.41. The maximum atomic E-state index is 14.9. The van der Waals surface area contributed by atoms with Gasteiger partial charge >= 0.3 is 0 Å². The summed E-state index contributed by atoms with van der Waals surface area (Å²) in [4.78, 5) is 42.5. The van der Waals surface area contributed by atoms with Crippen molar-refractivity contribution < 1.29 is 23.8 Å². The fourth-order valence-corrected chi connectivity index (χ4v) is 5.92. The van der Waals surface area contributed by atoms with Gasteiger partial charge in [-0.3, -0.25) is 9.59 Å². The average Bonchev–Trinajstić information content (AvgIpc) is 3.65. The Morgan fingerprint density at radius 1 is 1.30 bits per heavy atom. The largest absolute Gasteiger partial charge is 0.387 e. The van der Waals surface area contributed by atoms with Crippen molar-refractivity contribution in [1.29, 1.82) is 0 Å². The summed E-state index contributed by atoms with van der Waals surface area (Å²) in [5.41, 5.74) is 5.32. The molecule has 8 nitrogen and oxygen atoms in total. The Bertz CT molecular complexity index is 1560. The lowest BCUT2D eigenvalue weighted by Crippen LogP contribution is -2.33. The fourth-order valence-electron chi connectivity index (χ4n) is 5.92. The molecule has 3 heterocycles. The number of amides is 1. The highest BCUT2D eigenvalue weighted by Crippen LogP contribution is 2.45. The lowest BCUT2D eigenvalue weighted by atomic mass is 9.81. The molecule has 2 aliphatic carbocycles. The highest BCUT2D eigenvalue weighted by atomic mass is 19.1. The minimum Gasteiger partial charge on any atom is -0.387 e. The topological polar surface area (TPSA) is 111 Å². The Morgan fingerprint density at radius 2 is 2.02 bits per heavy atom. The number of fused-ring (bicyclic) bond motifs is 4. The second kappa shape index (κ2) is 11.2. The van der Waals surface area contributed by atoms with Crippen LogP contribution in [0.4, 0.5) is 4.39 Å². The summed E-state index contributed by atoms with van der Waals surface area (Å²) >= 11 is 0. The molecule has 0 saturated heterocycles. The molecule has 2 aromatic heterocycles. The van der Waals surface area contributed by atoms with Gasteiger partial charge in [-0.1, -0.05) is 26.7 Å². The Balaban J connectivity index is 0.000000741. The number of halogens is 1. The van der Waals surface area contributed by atoms with E-state index in [0.29, 0.717) is 52.9 Å². The molecule has 2 atom stereocenters. The number of hydrogen-bond donors (Lipinski definition) is 2. The first-order valence-corrected chi connectivity index (χ1v) is 14.0. The quantitative estimate of drug-likeness (QED) is 0.334. The number of hydrogen-bond acceptors (Lipinski definition) is 6. The summed E-state index contributed by atoms with van der Waals surface area (Å²) in [5.74, 6) is -0.248. The molecule has 1 amide bonds. The Morgan fingerprint density at radius 3 is 2.62 bits per heavy atom. The van der Waals surface area contributed by atoms with Crippen LogP contribution in [0.15, 0.2) is 16.9 Å². The molecule has 3 aliphatic rings. The number of benzene rings is 1. The van der Waals surface area contributed by atoms with Crippen molar-refractivity contribution in [1.82, 2.24) is 14.9 Å². The van der Waals surface area contributed by atoms with Crippen LogP contribution in [0.2, 0.25) is 0 Å². The van der Waals surface area contributed by atoms with E-state index in [-0.39, 0.29) is 24.5 Å². The molecule has 1 aromatic carbocycles. The van der Waals surface area contributed by atoms with E-state index in [0.717, 1.165) is 34.3 Å². The van der Waals surface area contributed by atoms with Crippen LogP contribution in [0.3, 0.4) is 0 Å². The van der Waals surface area contributed by atoms with Gasteiger partial charge in [-0.2, -0.15) is 0 Å². The van der Waals surface area contributed by atoms with Crippen molar-refractivity contribution in [3.05, 3.63) is 61.7 Å². The van der Waals surface area contributed by atoms with Gasteiger partial charge in [0, 0.05) is 35.6 Å². The van der Waals surface area contributed by atoms with Gasteiger partial charge in [0.2, 0.25) is 5.91 Å². The number of nitrogens with zero attached hydrogens (tertiary/aromatic N) is 2. The Kier molecular flexibility index (Phi) is 7.88. The van der Waals surface area contributed by atoms with E-state index in [1.807, 2.05) is 13.0 Å². The summed E-state index contributed by atoms with van der Waals surface area (Å²) in [6.07, 6.45) is 5.42. The van der Waals surface area contributed by atoms with Gasteiger partial charge in [-0.15, -0.1) is 0 Å².